The lowest BCUT2D eigenvalue weighted by atomic mass is 10.3. The molecule has 0 fully saturated rings. The van der Waals surface area contributed by atoms with E-state index in [1.165, 1.54) is 24.3 Å². The second kappa shape index (κ2) is 4.20. The molecular formula is C6H5NO4PS+. The first-order valence-electron chi connectivity index (χ1n) is 3.18. The van der Waals surface area contributed by atoms with Crippen molar-refractivity contribution in [3.05, 3.63) is 34.4 Å². The van der Waals surface area contributed by atoms with E-state index in [9.17, 15) is 14.7 Å². The van der Waals surface area contributed by atoms with Gasteiger partial charge in [-0.05, 0) is 16.7 Å². The summed E-state index contributed by atoms with van der Waals surface area (Å²) in [6.45, 7) is 0. The minimum absolute atomic E-state index is 0.0401. The Bertz CT molecular complexity index is 339. The predicted octanol–water partition coefficient (Wildman–Crippen LogP) is 2.56. The van der Waals surface area contributed by atoms with Crippen molar-refractivity contribution < 1.29 is 14.0 Å². The van der Waals surface area contributed by atoms with Crippen molar-refractivity contribution in [3.8, 4) is 5.75 Å². The Kier molecular flexibility index (Phi) is 3.22. The number of benzene rings is 1. The van der Waals surface area contributed by atoms with Crippen molar-refractivity contribution in [2.45, 2.75) is 0 Å². The van der Waals surface area contributed by atoms with E-state index in [2.05, 4.69) is 12.2 Å². The van der Waals surface area contributed by atoms with Crippen molar-refractivity contribution in [1.29, 1.82) is 0 Å². The fraction of sp³-hybridized carbons (Fsp3) is 0. The molecule has 0 aliphatic rings. The number of hydrogen-bond acceptors (Lipinski definition) is 4. The highest BCUT2D eigenvalue weighted by atomic mass is 32.7. The lowest BCUT2D eigenvalue weighted by Gasteiger charge is -1.91. The van der Waals surface area contributed by atoms with Crippen molar-refractivity contribution in [2.24, 2.45) is 0 Å². The molecule has 0 amide bonds. The summed E-state index contributed by atoms with van der Waals surface area (Å²) in [5.41, 5.74) is -0.0401. The summed E-state index contributed by atoms with van der Waals surface area (Å²) in [5.74, 6) is 0.293. The number of rotatable bonds is 3. The van der Waals surface area contributed by atoms with Crippen LogP contribution in [0.4, 0.5) is 5.69 Å². The van der Waals surface area contributed by atoms with Crippen molar-refractivity contribution >= 4 is 25.2 Å². The number of thiol groups is 1. The molecule has 0 spiro atoms. The molecule has 1 aromatic rings. The first kappa shape index (κ1) is 9.95. The zero-order valence-electron chi connectivity index (χ0n) is 6.28. The van der Waals surface area contributed by atoms with E-state index in [1.54, 1.807) is 0 Å². The first-order chi connectivity index (χ1) is 6.09. The average Bonchev–Trinajstić information content (AvgIpc) is 2.04. The van der Waals surface area contributed by atoms with Gasteiger partial charge >= 0.3 is 7.23 Å². The van der Waals surface area contributed by atoms with Gasteiger partial charge in [-0.3, -0.25) is 10.1 Å². The molecular weight excluding hydrogens is 213 g/mol. The van der Waals surface area contributed by atoms with E-state index in [4.69, 9.17) is 4.52 Å². The molecule has 68 valence electrons. The monoisotopic (exact) mass is 218 g/mol. The molecule has 0 aliphatic heterocycles. The topological polar surface area (TPSA) is 69.4 Å². The van der Waals surface area contributed by atoms with Crippen LogP contribution in [0.15, 0.2) is 24.3 Å². The van der Waals surface area contributed by atoms with Gasteiger partial charge in [-0.1, -0.05) is 0 Å². The maximum absolute atomic E-state index is 10.5. The van der Waals surface area contributed by atoms with Crippen LogP contribution in [0, 0.1) is 10.1 Å². The largest absolute Gasteiger partial charge is 0.631 e. The summed E-state index contributed by atoms with van der Waals surface area (Å²) in [4.78, 5) is 9.70. The molecule has 0 aliphatic carbocycles. The molecule has 0 saturated carbocycles. The number of non-ortho nitro benzene ring substituents is 1. The summed E-state index contributed by atoms with van der Waals surface area (Å²) in [6, 6.07) is 5.26. The van der Waals surface area contributed by atoms with E-state index in [0.717, 1.165) is 0 Å². The van der Waals surface area contributed by atoms with E-state index < -0.39 is 12.2 Å². The Balaban J connectivity index is 2.81. The van der Waals surface area contributed by atoms with Gasteiger partial charge in [-0.2, -0.15) is 0 Å². The third kappa shape index (κ3) is 3.01. The molecule has 7 heteroatoms. The van der Waals surface area contributed by atoms with Gasteiger partial charge in [0.05, 0.1) is 4.92 Å². The van der Waals surface area contributed by atoms with Gasteiger partial charge in [0.15, 0.2) is 18.0 Å². The fourth-order valence-corrected chi connectivity index (χ4v) is 1.30. The molecule has 13 heavy (non-hydrogen) atoms. The molecule has 5 nitrogen and oxygen atoms in total. The highest BCUT2D eigenvalue weighted by molar-refractivity contribution is 8.39. The molecule has 0 aromatic heterocycles. The molecule has 0 bridgehead atoms. The van der Waals surface area contributed by atoms with Crippen LogP contribution in [0.3, 0.4) is 0 Å². The quantitative estimate of drug-likeness (QED) is 0.366. The van der Waals surface area contributed by atoms with Crippen LogP contribution in [0.25, 0.3) is 0 Å². The Morgan fingerprint density at radius 1 is 1.38 bits per heavy atom. The molecule has 1 unspecified atom stereocenters. The van der Waals surface area contributed by atoms with Crippen LogP contribution in [0.1, 0.15) is 0 Å². The minimum Gasteiger partial charge on any atom is -0.258 e. The van der Waals surface area contributed by atoms with Crippen LogP contribution >= 0.6 is 19.5 Å². The number of nitro groups is 1. The number of nitrogens with zero attached hydrogens (tertiary/aromatic N) is 1. The summed E-state index contributed by atoms with van der Waals surface area (Å²) in [5, 5.41) is 10.2. The van der Waals surface area contributed by atoms with Crippen LogP contribution in [0.5, 0.6) is 5.75 Å². The van der Waals surface area contributed by atoms with Gasteiger partial charge in [0.2, 0.25) is 0 Å². The third-order valence-corrected chi connectivity index (χ3v) is 1.84. The van der Waals surface area contributed by atoms with Gasteiger partial charge in [-0.15, -0.1) is 0 Å². The summed E-state index contributed by atoms with van der Waals surface area (Å²) >= 11 is 3.53. The Labute approximate surface area is 79.9 Å². The normalized spacial score (nSPS) is 10.7. The highest BCUT2D eigenvalue weighted by Crippen LogP contribution is 2.30. The number of hydrogen-bond donors (Lipinski definition) is 1. The number of nitro benzene ring substituents is 1. The molecule has 0 saturated heterocycles. The second-order valence-electron chi connectivity index (χ2n) is 2.08. The summed E-state index contributed by atoms with van der Waals surface area (Å²) in [6.07, 6.45) is 0. The van der Waals surface area contributed by atoms with Crippen LogP contribution < -0.4 is 4.52 Å². The third-order valence-electron chi connectivity index (χ3n) is 1.23. The van der Waals surface area contributed by atoms with Crippen LogP contribution in [-0.4, -0.2) is 4.92 Å². The minimum atomic E-state index is -2.03. The average molecular weight is 218 g/mol. The van der Waals surface area contributed by atoms with Gasteiger partial charge in [0, 0.05) is 12.1 Å². The smallest absolute Gasteiger partial charge is 0.258 e. The summed E-state index contributed by atoms with van der Waals surface area (Å²) < 4.78 is 15.2. The van der Waals surface area contributed by atoms with E-state index in [-0.39, 0.29) is 5.69 Å². The van der Waals surface area contributed by atoms with E-state index in [0.29, 0.717) is 5.75 Å². The lowest BCUT2D eigenvalue weighted by molar-refractivity contribution is -0.384. The Morgan fingerprint density at radius 2 is 1.92 bits per heavy atom. The van der Waals surface area contributed by atoms with Gasteiger partial charge in [0.25, 0.3) is 5.69 Å². The predicted molar refractivity (Wildman–Crippen MR) is 50.3 cm³/mol. The van der Waals surface area contributed by atoms with E-state index >= 15 is 0 Å². The molecule has 0 radical (unpaired) electrons. The van der Waals surface area contributed by atoms with Crippen molar-refractivity contribution in [1.82, 2.24) is 0 Å². The maximum Gasteiger partial charge on any atom is 0.631 e. The molecule has 0 N–H and O–H groups in total. The SMILES string of the molecule is O=[N+]([O-])c1ccc(O[P+](=O)S)cc1. The molecule has 0 heterocycles. The van der Waals surface area contributed by atoms with Crippen molar-refractivity contribution in [2.75, 3.05) is 0 Å². The Hall–Kier alpha value is -1.13. The zero-order valence-corrected chi connectivity index (χ0v) is 8.07. The maximum atomic E-state index is 10.5. The second-order valence-corrected chi connectivity index (χ2v) is 3.72. The molecule has 1 rings (SSSR count). The van der Waals surface area contributed by atoms with Gasteiger partial charge < -0.3 is 0 Å². The van der Waals surface area contributed by atoms with Crippen LogP contribution in [-0.2, 0) is 4.57 Å². The Morgan fingerprint density at radius 3 is 2.31 bits per heavy atom. The molecule has 1 aromatic carbocycles. The first-order valence-corrected chi connectivity index (χ1v) is 5.51. The lowest BCUT2D eigenvalue weighted by Crippen LogP contribution is -1.86. The van der Waals surface area contributed by atoms with Gasteiger partial charge in [-0.25, -0.2) is 4.52 Å². The fourth-order valence-electron chi connectivity index (χ4n) is 0.719. The highest BCUT2D eigenvalue weighted by Gasteiger charge is 2.13. The summed E-state index contributed by atoms with van der Waals surface area (Å²) in [7, 11) is -2.03. The standard InChI is InChI=1S/C6H4NO4PS/c8-7(9)5-1-3-6(4-2-5)11-12(10)13/h1-4H/p+1. The van der Waals surface area contributed by atoms with Crippen molar-refractivity contribution in [3.63, 3.8) is 0 Å². The van der Waals surface area contributed by atoms with E-state index in [1.807, 2.05) is 0 Å². The zero-order chi connectivity index (χ0) is 9.84. The van der Waals surface area contributed by atoms with Crippen LogP contribution in [0.2, 0.25) is 0 Å². The van der Waals surface area contributed by atoms with Gasteiger partial charge in [0.1, 0.15) is 0 Å². The molecule has 1 atom stereocenters.